The molecule has 1 aliphatic carbocycles. The van der Waals surface area contributed by atoms with Crippen molar-refractivity contribution >= 4 is 23.6 Å². The predicted molar refractivity (Wildman–Crippen MR) is 135 cm³/mol. The van der Waals surface area contributed by atoms with Crippen LogP contribution in [0.25, 0.3) is 0 Å². The van der Waals surface area contributed by atoms with Gasteiger partial charge in [-0.2, -0.15) is 0 Å². The monoisotopic (exact) mass is 508 g/mol. The Morgan fingerprint density at radius 3 is 3.00 bits per heavy atom. The molecule has 4 aliphatic rings. The van der Waals surface area contributed by atoms with Crippen molar-refractivity contribution < 1.29 is 23.8 Å². The Hall–Kier alpha value is -3.44. The molecule has 3 N–H and O–H groups in total. The summed E-state index contributed by atoms with van der Waals surface area (Å²) in [4.78, 5) is 34.5. The molecule has 11 heteroatoms. The highest BCUT2D eigenvalue weighted by Crippen LogP contribution is 2.33. The molecule has 3 aliphatic heterocycles. The number of nitrogens with zero attached hydrogens (tertiary/aromatic N) is 3. The third-order valence-corrected chi connectivity index (χ3v) is 7.53. The summed E-state index contributed by atoms with van der Waals surface area (Å²) in [6.45, 7) is 5.89. The second kappa shape index (κ2) is 10.1. The first-order valence-electron chi connectivity index (χ1n) is 13.0. The maximum atomic E-state index is 12.5. The van der Waals surface area contributed by atoms with Crippen molar-refractivity contribution in [3.8, 4) is 11.6 Å². The van der Waals surface area contributed by atoms with Crippen LogP contribution < -0.4 is 30.3 Å². The number of anilines is 2. The van der Waals surface area contributed by atoms with Crippen molar-refractivity contribution in [1.29, 1.82) is 0 Å². The second-order valence-electron chi connectivity index (χ2n) is 10.2. The first-order valence-corrected chi connectivity index (χ1v) is 13.0. The van der Waals surface area contributed by atoms with E-state index < -0.39 is 6.09 Å². The van der Waals surface area contributed by atoms with Gasteiger partial charge in [-0.05, 0) is 81.4 Å². The van der Waals surface area contributed by atoms with Gasteiger partial charge in [0, 0.05) is 17.8 Å². The molecule has 5 heterocycles. The number of aromatic nitrogens is 2. The standard InChI is InChI=1S/C26H32N6O5/c1-15-20-9-16(8-17(20)11-29-25(15)36-13-18-4-7-28-18)10-27-6-5-19-12-32(26(34)37-19)22-3-2-21-24(30-22)31-23(33)14-35-21/h2-3,11,16,18-19,27-28H,4-10,12-14H2,1H3,(H,30,31,33)/t16?,18-,19?/m1/s1. The van der Waals surface area contributed by atoms with E-state index in [2.05, 4.69) is 32.8 Å². The number of rotatable bonds is 9. The Morgan fingerprint density at radius 1 is 1.27 bits per heavy atom. The van der Waals surface area contributed by atoms with Crippen molar-refractivity contribution in [3.63, 3.8) is 0 Å². The summed E-state index contributed by atoms with van der Waals surface area (Å²) in [7, 11) is 0. The summed E-state index contributed by atoms with van der Waals surface area (Å²) in [5.41, 5.74) is 3.86. The van der Waals surface area contributed by atoms with Gasteiger partial charge in [-0.15, -0.1) is 0 Å². The fraction of sp³-hybridized carbons (Fsp3) is 0.538. The Balaban J connectivity index is 0.958. The van der Waals surface area contributed by atoms with Crippen LogP contribution >= 0.6 is 0 Å². The molecule has 0 radical (unpaired) electrons. The van der Waals surface area contributed by atoms with Crippen LogP contribution in [0.1, 0.15) is 29.5 Å². The van der Waals surface area contributed by atoms with E-state index in [1.54, 1.807) is 12.1 Å². The minimum Gasteiger partial charge on any atom is -0.480 e. The summed E-state index contributed by atoms with van der Waals surface area (Å²) in [5.74, 6) is 2.26. The Bertz CT molecular complexity index is 1200. The average molecular weight is 509 g/mol. The van der Waals surface area contributed by atoms with Crippen LogP contribution in [0, 0.1) is 12.8 Å². The largest absolute Gasteiger partial charge is 0.480 e. The third-order valence-electron chi connectivity index (χ3n) is 7.53. The van der Waals surface area contributed by atoms with Gasteiger partial charge >= 0.3 is 6.09 Å². The maximum Gasteiger partial charge on any atom is 0.415 e. The molecule has 11 nitrogen and oxygen atoms in total. The maximum absolute atomic E-state index is 12.5. The van der Waals surface area contributed by atoms with Gasteiger partial charge in [0.1, 0.15) is 18.5 Å². The smallest absolute Gasteiger partial charge is 0.415 e. The van der Waals surface area contributed by atoms with E-state index in [0.717, 1.165) is 44.8 Å². The lowest BCUT2D eigenvalue weighted by atomic mass is 10.0. The Kier molecular flexibility index (Phi) is 6.56. The first-order chi connectivity index (χ1) is 18.0. The summed E-state index contributed by atoms with van der Waals surface area (Å²) >= 11 is 0. The van der Waals surface area contributed by atoms with E-state index in [1.165, 1.54) is 21.6 Å². The van der Waals surface area contributed by atoms with Gasteiger partial charge in [-0.3, -0.25) is 9.69 Å². The van der Waals surface area contributed by atoms with Crippen LogP contribution in [0.15, 0.2) is 18.3 Å². The van der Waals surface area contributed by atoms with Crippen LogP contribution in [0.2, 0.25) is 0 Å². The molecule has 0 spiro atoms. The van der Waals surface area contributed by atoms with Gasteiger partial charge in [-0.25, -0.2) is 14.8 Å². The Labute approximate surface area is 215 Å². The third kappa shape index (κ3) is 5.05. The minimum atomic E-state index is -0.430. The van der Waals surface area contributed by atoms with E-state index in [0.29, 0.717) is 48.9 Å². The average Bonchev–Trinajstić information content (AvgIpc) is 3.45. The van der Waals surface area contributed by atoms with Crippen molar-refractivity contribution in [3.05, 3.63) is 35.0 Å². The molecule has 2 aromatic rings. The number of carbonyl (C=O) groups is 2. The van der Waals surface area contributed by atoms with E-state index >= 15 is 0 Å². The highest BCUT2D eigenvalue weighted by molar-refractivity contribution is 5.95. The zero-order chi connectivity index (χ0) is 25.4. The topological polar surface area (TPSA) is 127 Å². The molecule has 2 fully saturated rings. The molecular formula is C26H32N6O5. The normalized spacial score (nSPS) is 24.0. The van der Waals surface area contributed by atoms with Crippen molar-refractivity contribution in [2.75, 3.05) is 49.6 Å². The van der Waals surface area contributed by atoms with Gasteiger partial charge in [0.2, 0.25) is 5.88 Å². The van der Waals surface area contributed by atoms with E-state index in [4.69, 9.17) is 14.2 Å². The van der Waals surface area contributed by atoms with Gasteiger partial charge in [0.25, 0.3) is 5.91 Å². The van der Waals surface area contributed by atoms with Crippen LogP contribution in [-0.2, 0) is 22.4 Å². The SMILES string of the molecule is Cc1c(OC[C@H]2CCN2)ncc2c1CC(CNCCC1CN(c3ccc4c(n3)NC(=O)CO4)C(=O)O1)C2. The minimum absolute atomic E-state index is 0.0357. The molecule has 37 heavy (non-hydrogen) atoms. The van der Waals surface area contributed by atoms with Crippen LogP contribution in [0.4, 0.5) is 16.4 Å². The van der Waals surface area contributed by atoms with E-state index in [-0.39, 0.29) is 18.6 Å². The lowest BCUT2D eigenvalue weighted by Gasteiger charge is -2.27. The number of fused-ring (bicyclic) bond motifs is 2. The zero-order valence-electron chi connectivity index (χ0n) is 20.9. The van der Waals surface area contributed by atoms with Gasteiger partial charge in [0.15, 0.2) is 18.2 Å². The molecule has 2 aromatic heterocycles. The summed E-state index contributed by atoms with van der Waals surface area (Å²) in [6.07, 6.45) is 5.23. The lowest BCUT2D eigenvalue weighted by Crippen LogP contribution is -2.46. The van der Waals surface area contributed by atoms with Crippen LogP contribution in [-0.4, -0.2) is 73.5 Å². The van der Waals surface area contributed by atoms with Gasteiger partial charge in [-0.1, -0.05) is 0 Å². The van der Waals surface area contributed by atoms with Crippen molar-refractivity contribution in [2.24, 2.45) is 5.92 Å². The lowest BCUT2D eigenvalue weighted by molar-refractivity contribution is -0.118. The number of ether oxygens (including phenoxy) is 3. The number of cyclic esters (lactones) is 1. The molecule has 196 valence electrons. The molecule has 0 aromatic carbocycles. The van der Waals surface area contributed by atoms with Crippen LogP contribution in [0.5, 0.6) is 11.6 Å². The number of amides is 2. The second-order valence-corrected chi connectivity index (χ2v) is 10.2. The molecule has 3 atom stereocenters. The number of carbonyl (C=O) groups excluding carboxylic acids is 2. The van der Waals surface area contributed by atoms with Gasteiger partial charge in [0.05, 0.1) is 6.54 Å². The first kappa shape index (κ1) is 23.9. The fourth-order valence-electron chi connectivity index (χ4n) is 5.31. The molecular weight excluding hydrogens is 476 g/mol. The summed E-state index contributed by atoms with van der Waals surface area (Å²) < 4.78 is 16.9. The predicted octanol–water partition coefficient (Wildman–Crippen LogP) is 1.58. The quantitative estimate of drug-likeness (QED) is 0.433. The molecule has 0 saturated carbocycles. The Morgan fingerprint density at radius 2 is 2.16 bits per heavy atom. The number of pyridine rings is 2. The molecule has 6 rings (SSSR count). The van der Waals surface area contributed by atoms with Gasteiger partial charge < -0.3 is 30.2 Å². The summed E-state index contributed by atoms with van der Waals surface area (Å²) in [6, 6.07) is 3.86. The van der Waals surface area contributed by atoms with Crippen molar-refractivity contribution in [2.45, 2.75) is 44.8 Å². The molecule has 0 bridgehead atoms. The molecule has 2 amide bonds. The number of hydrogen-bond donors (Lipinski definition) is 3. The molecule has 2 unspecified atom stereocenters. The molecule has 2 saturated heterocycles. The highest BCUT2D eigenvalue weighted by Gasteiger charge is 2.34. The fourth-order valence-corrected chi connectivity index (χ4v) is 5.31. The zero-order valence-corrected chi connectivity index (χ0v) is 20.9. The van der Waals surface area contributed by atoms with Crippen LogP contribution in [0.3, 0.4) is 0 Å². The highest BCUT2D eigenvalue weighted by atomic mass is 16.6. The number of nitrogens with one attached hydrogen (secondary N) is 3. The van der Waals surface area contributed by atoms with E-state index in [1.807, 2.05) is 6.20 Å². The number of hydrogen-bond acceptors (Lipinski definition) is 9. The van der Waals surface area contributed by atoms with Crippen molar-refractivity contribution in [1.82, 2.24) is 20.6 Å². The van der Waals surface area contributed by atoms with E-state index in [9.17, 15) is 9.59 Å². The summed E-state index contributed by atoms with van der Waals surface area (Å²) in [5, 5.41) is 9.57.